The zero-order chi connectivity index (χ0) is 29.4. The number of methoxy groups -OCH3 is 1. The van der Waals surface area contributed by atoms with Gasteiger partial charge in [0.25, 0.3) is 11.8 Å². The third kappa shape index (κ3) is 5.10. The normalized spacial score (nSPS) is 16.0. The molecule has 4 aromatic carbocycles. The number of piperazine rings is 1. The summed E-state index contributed by atoms with van der Waals surface area (Å²) in [7, 11) is -2.42. The number of hydrogen-bond donors (Lipinski definition) is 0. The van der Waals surface area contributed by atoms with E-state index in [1.165, 1.54) is 35.2 Å². The van der Waals surface area contributed by atoms with Crippen LogP contribution in [-0.4, -0.2) is 58.4 Å². The number of sulfone groups is 1. The summed E-state index contributed by atoms with van der Waals surface area (Å²) in [4.78, 5) is 32.9. The number of rotatable bonds is 5. The van der Waals surface area contributed by atoms with Gasteiger partial charge in [-0.25, -0.2) is 8.42 Å². The summed E-state index contributed by atoms with van der Waals surface area (Å²) >= 11 is 6.21. The molecule has 10 heteroatoms. The Morgan fingerprint density at radius 1 is 0.857 bits per heavy atom. The van der Waals surface area contributed by atoms with Crippen molar-refractivity contribution in [3.05, 3.63) is 113 Å². The number of halogens is 1. The molecule has 0 atom stereocenters. The number of hydrogen-bond acceptors (Lipinski definition) is 6. The summed E-state index contributed by atoms with van der Waals surface area (Å²) in [6, 6.07) is 25.5. The molecule has 0 spiro atoms. The van der Waals surface area contributed by atoms with Crippen molar-refractivity contribution in [2.45, 2.75) is 16.3 Å². The summed E-state index contributed by atoms with van der Waals surface area (Å²) in [6.07, 6.45) is 0. The SMILES string of the molecule is COc1ccc(N2CCN(C(=O)c3ccc4c(c3)N(Cc3cccc(Cl)c3)C(=O)c3ccccc3S4(=O)=O)CC2)cc1. The maximum Gasteiger partial charge on any atom is 0.259 e. The Morgan fingerprint density at radius 3 is 2.31 bits per heavy atom. The Kier molecular flexibility index (Phi) is 7.38. The van der Waals surface area contributed by atoms with Crippen molar-refractivity contribution in [2.24, 2.45) is 0 Å². The first-order valence-electron chi connectivity index (χ1n) is 13.5. The molecule has 0 radical (unpaired) electrons. The molecule has 42 heavy (non-hydrogen) atoms. The van der Waals surface area contributed by atoms with Crippen molar-refractivity contribution in [2.75, 3.05) is 43.1 Å². The van der Waals surface area contributed by atoms with E-state index in [0.717, 1.165) is 17.0 Å². The number of fused-ring (bicyclic) bond motifs is 2. The van der Waals surface area contributed by atoms with E-state index >= 15 is 0 Å². The summed E-state index contributed by atoms with van der Waals surface area (Å²) in [5, 5.41) is 0.501. The maximum atomic E-state index is 13.9. The molecule has 2 amide bonds. The second-order valence-corrected chi connectivity index (χ2v) is 12.5. The van der Waals surface area contributed by atoms with E-state index < -0.39 is 15.7 Å². The molecule has 8 nitrogen and oxygen atoms in total. The Morgan fingerprint density at radius 2 is 1.60 bits per heavy atom. The van der Waals surface area contributed by atoms with Gasteiger partial charge in [-0.2, -0.15) is 0 Å². The van der Waals surface area contributed by atoms with E-state index in [-0.39, 0.29) is 33.5 Å². The third-order valence-corrected chi connectivity index (χ3v) is 9.77. The number of carbonyl (C=O) groups excluding carboxylic acids is 2. The van der Waals surface area contributed by atoms with Crippen LogP contribution in [0.2, 0.25) is 5.02 Å². The van der Waals surface area contributed by atoms with Crippen molar-refractivity contribution < 1.29 is 22.7 Å². The maximum absolute atomic E-state index is 13.9. The van der Waals surface area contributed by atoms with Gasteiger partial charge >= 0.3 is 0 Å². The highest BCUT2D eigenvalue weighted by Gasteiger charge is 2.36. The zero-order valence-corrected chi connectivity index (χ0v) is 24.4. The van der Waals surface area contributed by atoms with Crippen LogP contribution in [-0.2, 0) is 16.4 Å². The number of benzene rings is 4. The van der Waals surface area contributed by atoms with Crippen molar-refractivity contribution in [3.63, 3.8) is 0 Å². The molecular formula is C32H28ClN3O5S. The molecule has 2 aliphatic rings. The lowest BCUT2D eigenvalue weighted by atomic mass is 10.1. The molecule has 0 N–H and O–H groups in total. The van der Waals surface area contributed by atoms with Crippen LogP contribution in [0, 0.1) is 0 Å². The quantitative estimate of drug-likeness (QED) is 0.308. The topological polar surface area (TPSA) is 87.2 Å². The number of carbonyl (C=O) groups is 2. The van der Waals surface area contributed by atoms with Crippen LogP contribution in [0.5, 0.6) is 5.75 Å². The fourth-order valence-electron chi connectivity index (χ4n) is 5.46. The summed E-state index contributed by atoms with van der Waals surface area (Å²) in [5.41, 5.74) is 2.34. The van der Waals surface area contributed by atoms with Gasteiger partial charge < -0.3 is 19.4 Å². The van der Waals surface area contributed by atoms with Crippen molar-refractivity contribution in [1.29, 1.82) is 0 Å². The van der Waals surface area contributed by atoms with Gasteiger partial charge in [0, 0.05) is 42.5 Å². The number of nitrogens with zero attached hydrogens (tertiary/aromatic N) is 3. The highest BCUT2D eigenvalue weighted by molar-refractivity contribution is 7.91. The lowest BCUT2D eigenvalue weighted by molar-refractivity contribution is 0.0746. The molecule has 214 valence electrons. The molecule has 0 unspecified atom stereocenters. The van der Waals surface area contributed by atoms with Gasteiger partial charge in [-0.05, 0) is 72.3 Å². The lowest BCUT2D eigenvalue weighted by Gasteiger charge is -2.36. The summed E-state index contributed by atoms with van der Waals surface area (Å²) in [5.74, 6) is 0.0934. The molecule has 0 aromatic heterocycles. The average molecular weight is 602 g/mol. The summed E-state index contributed by atoms with van der Waals surface area (Å²) in [6.45, 7) is 2.36. The van der Waals surface area contributed by atoms with Crippen LogP contribution < -0.4 is 14.5 Å². The zero-order valence-electron chi connectivity index (χ0n) is 22.9. The van der Waals surface area contributed by atoms with Crippen molar-refractivity contribution >= 4 is 44.6 Å². The first-order valence-corrected chi connectivity index (χ1v) is 15.3. The Hall–Kier alpha value is -4.34. The molecule has 4 aromatic rings. The molecule has 1 fully saturated rings. The highest BCUT2D eigenvalue weighted by atomic mass is 35.5. The molecule has 2 aliphatic heterocycles. The first kappa shape index (κ1) is 27.8. The minimum Gasteiger partial charge on any atom is -0.497 e. The Labute approximate surface area is 249 Å². The standard InChI is InChI=1S/C32H28ClN3O5S/c1-41-26-12-10-25(11-13-26)34-15-17-35(18-16-34)31(37)23-9-14-30-28(20-23)36(21-22-5-4-6-24(33)19-22)32(38)27-7-2-3-8-29(27)42(30,39)40/h2-14,19-20H,15-18,21H2,1H3. The molecule has 0 aliphatic carbocycles. The number of amides is 2. The monoisotopic (exact) mass is 601 g/mol. The van der Waals surface area contributed by atoms with E-state index in [1.807, 2.05) is 30.3 Å². The third-order valence-electron chi connectivity index (χ3n) is 7.67. The van der Waals surface area contributed by atoms with Crippen LogP contribution in [0.1, 0.15) is 26.3 Å². The second kappa shape index (κ2) is 11.2. The first-order chi connectivity index (χ1) is 20.3. The van der Waals surface area contributed by atoms with E-state index in [0.29, 0.717) is 36.8 Å². The van der Waals surface area contributed by atoms with E-state index in [2.05, 4.69) is 4.90 Å². The van der Waals surface area contributed by atoms with Gasteiger partial charge in [0.1, 0.15) is 5.75 Å². The number of ether oxygens (including phenoxy) is 1. The minimum atomic E-state index is -4.04. The lowest BCUT2D eigenvalue weighted by Crippen LogP contribution is -2.48. The van der Waals surface area contributed by atoms with E-state index in [9.17, 15) is 18.0 Å². The van der Waals surface area contributed by atoms with Gasteiger partial charge in [0.2, 0.25) is 9.84 Å². The number of anilines is 2. The van der Waals surface area contributed by atoms with Crippen LogP contribution in [0.4, 0.5) is 11.4 Å². The van der Waals surface area contributed by atoms with Crippen LogP contribution in [0.15, 0.2) is 101 Å². The average Bonchev–Trinajstić information content (AvgIpc) is 3.08. The van der Waals surface area contributed by atoms with Gasteiger partial charge in [0.05, 0.1) is 34.7 Å². The van der Waals surface area contributed by atoms with Crippen LogP contribution >= 0.6 is 11.6 Å². The Balaban J connectivity index is 1.33. The van der Waals surface area contributed by atoms with Gasteiger partial charge in [-0.1, -0.05) is 35.9 Å². The van der Waals surface area contributed by atoms with Crippen LogP contribution in [0.25, 0.3) is 0 Å². The molecule has 0 saturated carbocycles. The smallest absolute Gasteiger partial charge is 0.259 e. The highest BCUT2D eigenvalue weighted by Crippen LogP contribution is 2.38. The predicted molar refractivity (Wildman–Crippen MR) is 161 cm³/mol. The molecule has 1 saturated heterocycles. The van der Waals surface area contributed by atoms with Crippen molar-refractivity contribution in [1.82, 2.24) is 4.90 Å². The van der Waals surface area contributed by atoms with Crippen molar-refractivity contribution in [3.8, 4) is 5.75 Å². The minimum absolute atomic E-state index is 0.0243. The second-order valence-electron chi connectivity index (χ2n) is 10.2. The van der Waals surface area contributed by atoms with Gasteiger partial charge in [-0.3, -0.25) is 9.59 Å². The van der Waals surface area contributed by atoms with Crippen LogP contribution in [0.3, 0.4) is 0 Å². The largest absolute Gasteiger partial charge is 0.497 e. The molecule has 6 rings (SSSR count). The fraction of sp³-hybridized carbons (Fsp3) is 0.188. The molecule has 2 heterocycles. The molecule has 0 bridgehead atoms. The predicted octanol–water partition coefficient (Wildman–Crippen LogP) is 5.30. The fourth-order valence-corrected chi connectivity index (χ4v) is 7.30. The van der Waals surface area contributed by atoms with Gasteiger partial charge in [0.15, 0.2) is 0 Å². The van der Waals surface area contributed by atoms with E-state index in [4.69, 9.17) is 16.3 Å². The van der Waals surface area contributed by atoms with E-state index in [1.54, 1.807) is 42.3 Å². The Bertz CT molecular complexity index is 1780. The van der Waals surface area contributed by atoms with Gasteiger partial charge in [-0.15, -0.1) is 0 Å². The summed E-state index contributed by atoms with van der Waals surface area (Å²) < 4.78 is 32.8. The molecular weight excluding hydrogens is 574 g/mol.